The van der Waals surface area contributed by atoms with Crippen molar-refractivity contribution in [3.63, 3.8) is 0 Å². The molecule has 0 saturated carbocycles. The van der Waals surface area contributed by atoms with Crippen LogP contribution in [0.25, 0.3) is 17.0 Å². The van der Waals surface area contributed by atoms with Gasteiger partial charge >= 0.3 is 23.6 Å². The maximum atomic E-state index is 12.9. The van der Waals surface area contributed by atoms with Gasteiger partial charge in [0.15, 0.2) is 11.2 Å². The van der Waals surface area contributed by atoms with Gasteiger partial charge in [0.2, 0.25) is 5.88 Å². The van der Waals surface area contributed by atoms with Gasteiger partial charge in [0, 0.05) is 20.2 Å². The summed E-state index contributed by atoms with van der Waals surface area (Å²) in [4.78, 5) is 28.7. The minimum atomic E-state index is -6.21. The van der Waals surface area contributed by atoms with Crippen molar-refractivity contribution < 1.29 is 36.0 Å². The van der Waals surface area contributed by atoms with Crippen molar-refractivity contribution in [1.82, 2.24) is 23.8 Å². The summed E-state index contributed by atoms with van der Waals surface area (Å²) < 4.78 is 84.2. The summed E-state index contributed by atoms with van der Waals surface area (Å²) in [5, 5.41) is 11.9. The van der Waals surface area contributed by atoms with E-state index in [9.17, 15) is 41.0 Å². The summed E-state index contributed by atoms with van der Waals surface area (Å²) >= 11 is 0. The molecule has 0 saturated heterocycles. The Kier molecular flexibility index (Phi) is 4.00. The average molecular weight is 413 g/mol. The van der Waals surface area contributed by atoms with Gasteiger partial charge < -0.3 is 14.2 Å². The zero-order valence-corrected chi connectivity index (χ0v) is 13.8. The van der Waals surface area contributed by atoms with Gasteiger partial charge in [-0.2, -0.15) is 30.9 Å². The fourth-order valence-corrected chi connectivity index (χ4v) is 2.53. The molecule has 0 atom stereocenters. The predicted octanol–water partition coefficient (Wildman–Crippen LogP) is 0.723. The summed E-state index contributed by atoms with van der Waals surface area (Å²) in [6, 6.07) is 0.0198. The molecule has 3 aromatic rings. The Bertz CT molecular complexity index is 1170. The number of alkyl halides is 6. The lowest BCUT2D eigenvalue weighted by Crippen LogP contribution is -2.54. The SMILES string of the molecule is Cn1cnc2c1c(=O)n(-c1cc(C(O)(C(F)(F)F)C(F)(F)F)no1)c(=O)n2C. The number of halogens is 6. The van der Waals surface area contributed by atoms with Gasteiger partial charge in [0.25, 0.3) is 5.56 Å². The first-order chi connectivity index (χ1) is 12.7. The Hall–Kier alpha value is -3.10. The number of aryl methyl sites for hydroxylation is 2. The molecular weight excluding hydrogens is 404 g/mol. The largest absolute Gasteiger partial charge is 0.432 e. The van der Waals surface area contributed by atoms with E-state index in [-0.39, 0.29) is 21.8 Å². The number of imidazole rings is 1. The molecule has 0 aliphatic rings. The molecule has 9 nitrogen and oxygen atoms in total. The van der Waals surface area contributed by atoms with Crippen LogP contribution in [0.3, 0.4) is 0 Å². The highest BCUT2D eigenvalue weighted by molar-refractivity contribution is 5.70. The van der Waals surface area contributed by atoms with Gasteiger partial charge in [-0.15, -0.1) is 0 Å². The van der Waals surface area contributed by atoms with Crippen LogP contribution in [0, 0.1) is 0 Å². The highest BCUT2D eigenvalue weighted by Gasteiger charge is 2.73. The van der Waals surface area contributed by atoms with Crippen LogP contribution >= 0.6 is 0 Å². The van der Waals surface area contributed by atoms with E-state index in [4.69, 9.17) is 0 Å². The van der Waals surface area contributed by atoms with Crippen LogP contribution in [0.2, 0.25) is 0 Å². The van der Waals surface area contributed by atoms with Gasteiger partial charge in [0.05, 0.1) is 6.33 Å². The molecule has 0 unspecified atom stereocenters. The molecule has 3 aromatic heterocycles. The number of nitrogens with zero attached hydrogens (tertiary/aromatic N) is 5. The monoisotopic (exact) mass is 413 g/mol. The third-order valence-electron chi connectivity index (χ3n) is 4.03. The number of hydrogen-bond donors (Lipinski definition) is 1. The van der Waals surface area contributed by atoms with E-state index in [0.29, 0.717) is 0 Å². The van der Waals surface area contributed by atoms with Crippen molar-refractivity contribution >= 4 is 11.2 Å². The van der Waals surface area contributed by atoms with Crippen LogP contribution in [-0.2, 0) is 19.7 Å². The van der Waals surface area contributed by atoms with E-state index in [0.717, 1.165) is 4.57 Å². The van der Waals surface area contributed by atoms with Crippen LogP contribution in [0.5, 0.6) is 0 Å². The smallest absolute Gasteiger partial charge is 0.368 e. The van der Waals surface area contributed by atoms with Crippen LogP contribution in [0.15, 0.2) is 26.5 Å². The Labute approximate surface area is 149 Å². The molecule has 0 amide bonds. The summed E-state index contributed by atoms with van der Waals surface area (Å²) in [7, 11) is 2.55. The lowest BCUT2D eigenvalue weighted by Gasteiger charge is -2.29. The summed E-state index contributed by atoms with van der Waals surface area (Å²) in [6.07, 6.45) is -11.2. The van der Waals surface area contributed by atoms with E-state index in [1.54, 1.807) is 0 Å². The van der Waals surface area contributed by atoms with Gasteiger partial charge in [-0.25, -0.2) is 9.78 Å². The standard InChI is InChI=1S/C13H9F6N5O4/c1-22-4-20-8-7(22)9(25)24(10(26)23(8)2)6-3-5(21-28-6)11(27,12(14,15)16)13(17,18)19/h3-4,27H,1-2H3. The van der Waals surface area contributed by atoms with E-state index < -0.39 is 40.8 Å². The van der Waals surface area contributed by atoms with Gasteiger partial charge in [-0.1, -0.05) is 5.16 Å². The molecule has 0 aliphatic heterocycles. The van der Waals surface area contributed by atoms with Crippen molar-refractivity contribution in [2.24, 2.45) is 14.1 Å². The number of rotatable bonds is 2. The summed E-state index contributed by atoms with van der Waals surface area (Å²) in [5.74, 6) is -1.05. The molecule has 0 aliphatic carbocycles. The topological polar surface area (TPSA) is 108 Å². The zero-order chi connectivity index (χ0) is 21.2. The lowest BCUT2D eigenvalue weighted by molar-refractivity contribution is -0.377. The van der Waals surface area contributed by atoms with Crippen LogP contribution in [-0.4, -0.2) is 41.3 Å². The third kappa shape index (κ3) is 2.45. The lowest BCUT2D eigenvalue weighted by atomic mass is 9.98. The fraction of sp³-hybridized carbons (Fsp3) is 0.385. The molecule has 3 rings (SSSR count). The second-order valence-corrected chi connectivity index (χ2v) is 5.77. The first-order valence-corrected chi connectivity index (χ1v) is 7.18. The number of fused-ring (bicyclic) bond motifs is 1. The molecule has 15 heteroatoms. The van der Waals surface area contributed by atoms with Gasteiger partial charge in [0.1, 0.15) is 5.69 Å². The van der Waals surface area contributed by atoms with Crippen LogP contribution in [0.4, 0.5) is 26.3 Å². The molecular formula is C13H9F6N5O4. The Morgan fingerprint density at radius 1 is 1.07 bits per heavy atom. The second-order valence-electron chi connectivity index (χ2n) is 5.77. The maximum absolute atomic E-state index is 12.9. The van der Waals surface area contributed by atoms with Gasteiger partial charge in [-0.3, -0.25) is 9.36 Å². The molecule has 152 valence electrons. The highest BCUT2D eigenvalue weighted by Crippen LogP contribution is 2.49. The zero-order valence-electron chi connectivity index (χ0n) is 13.8. The first-order valence-electron chi connectivity index (χ1n) is 7.18. The average Bonchev–Trinajstić information content (AvgIpc) is 3.17. The Morgan fingerprint density at radius 3 is 2.18 bits per heavy atom. The molecule has 0 spiro atoms. The summed E-state index contributed by atoms with van der Waals surface area (Å²) in [5.41, 5.74) is -9.89. The Morgan fingerprint density at radius 2 is 1.64 bits per heavy atom. The minimum Gasteiger partial charge on any atom is -0.368 e. The molecule has 0 radical (unpaired) electrons. The van der Waals surface area contributed by atoms with Crippen molar-refractivity contribution in [2.45, 2.75) is 18.0 Å². The van der Waals surface area contributed by atoms with Crippen LogP contribution in [0.1, 0.15) is 5.69 Å². The van der Waals surface area contributed by atoms with Crippen LogP contribution < -0.4 is 11.2 Å². The quantitative estimate of drug-likeness (QED) is 0.621. The maximum Gasteiger partial charge on any atom is 0.432 e. The van der Waals surface area contributed by atoms with E-state index >= 15 is 0 Å². The second kappa shape index (κ2) is 5.70. The van der Waals surface area contributed by atoms with E-state index in [1.165, 1.54) is 25.0 Å². The fourth-order valence-electron chi connectivity index (χ4n) is 2.53. The minimum absolute atomic E-state index is 0.0198. The molecule has 28 heavy (non-hydrogen) atoms. The van der Waals surface area contributed by atoms with Gasteiger partial charge in [-0.05, 0) is 0 Å². The third-order valence-corrected chi connectivity index (χ3v) is 4.03. The summed E-state index contributed by atoms with van der Waals surface area (Å²) in [6.45, 7) is 0. The van der Waals surface area contributed by atoms with Crippen molar-refractivity contribution in [3.8, 4) is 5.88 Å². The van der Waals surface area contributed by atoms with Crippen molar-refractivity contribution in [2.75, 3.05) is 0 Å². The number of aromatic nitrogens is 5. The van der Waals surface area contributed by atoms with E-state index in [1.807, 2.05) is 0 Å². The molecule has 3 heterocycles. The predicted molar refractivity (Wildman–Crippen MR) is 77.6 cm³/mol. The Balaban J connectivity index is 2.31. The highest BCUT2D eigenvalue weighted by atomic mass is 19.4. The number of aliphatic hydroxyl groups is 1. The van der Waals surface area contributed by atoms with Crippen molar-refractivity contribution in [3.05, 3.63) is 38.9 Å². The molecule has 0 aromatic carbocycles. The molecule has 0 bridgehead atoms. The first kappa shape index (κ1) is 19.7. The molecule has 0 fully saturated rings. The number of hydrogen-bond acceptors (Lipinski definition) is 6. The normalized spacial score (nSPS) is 13.5. The van der Waals surface area contributed by atoms with E-state index in [2.05, 4.69) is 14.7 Å². The van der Waals surface area contributed by atoms with Crippen molar-refractivity contribution in [1.29, 1.82) is 0 Å². The molecule has 1 N–H and O–H groups in total.